The molecule has 1 heterocycles. The molecular weight excluding hydrogens is 235 g/mol. The number of hydrogen-bond acceptors (Lipinski definition) is 2. The zero-order valence-corrected chi connectivity index (χ0v) is 9.94. The number of pyridine rings is 1. The van der Waals surface area contributed by atoms with Crippen LogP contribution in [0, 0.1) is 28.7 Å². The molecule has 0 atom stereocenters. The Hall–Kier alpha value is -1.99. The van der Waals surface area contributed by atoms with Crippen molar-refractivity contribution < 1.29 is 4.39 Å². The molecule has 0 fully saturated rings. The lowest BCUT2D eigenvalue weighted by molar-refractivity contribution is 0.619. The fourth-order valence-electron chi connectivity index (χ4n) is 1.49. The van der Waals surface area contributed by atoms with Gasteiger partial charge in [-0.15, -0.1) is 0 Å². The molecule has 17 heavy (non-hydrogen) atoms. The highest BCUT2D eigenvalue weighted by molar-refractivity contribution is 7.71. The Kier molecular flexibility index (Phi) is 3.03. The van der Waals surface area contributed by atoms with Gasteiger partial charge in [-0.1, -0.05) is 24.4 Å². The van der Waals surface area contributed by atoms with Gasteiger partial charge in [-0.05, 0) is 30.7 Å². The van der Waals surface area contributed by atoms with Crippen molar-refractivity contribution in [3.8, 4) is 17.3 Å². The molecule has 0 aliphatic rings. The Balaban J connectivity index is 2.54. The molecule has 1 N–H and O–H groups in total. The summed E-state index contributed by atoms with van der Waals surface area (Å²) in [5, 5.41) is 8.76. The van der Waals surface area contributed by atoms with Gasteiger partial charge in [0.25, 0.3) is 0 Å². The Morgan fingerprint density at radius 3 is 2.65 bits per heavy atom. The van der Waals surface area contributed by atoms with E-state index in [-0.39, 0.29) is 5.82 Å². The van der Waals surface area contributed by atoms with E-state index in [0.29, 0.717) is 27.0 Å². The summed E-state index contributed by atoms with van der Waals surface area (Å²) in [6, 6.07) is 10.3. The van der Waals surface area contributed by atoms with E-state index in [2.05, 4.69) is 4.98 Å². The first-order chi connectivity index (χ1) is 8.11. The molecule has 1 aromatic carbocycles. The lowest BCUT2D eigenvalue weighted by Gasteiger charge is -2.04. The van der Waals surface area contributed by atoms with Gasteiger partial charge in [0.15, 0.2) is 0 Å². The highest BCUT2D eigenvalue weighted by Gasteiger charge is 2.03. The van der Waals surface area contributed by atoms with Gasteiger partial charge in [-0.3, -0.25) is 0 Å². The molecule has 0 aliphatic heterocycles. The minimum absolute atomic E-state index is 0.258. The number of aromatic nitrogens is 1. The maximum absolute atomic E-state index is 13.4. The molecule has 0 radical (unpaired) electrons. The molecule has 84 valence electrons. The van der Waals surface area contributed by atoms with Crippen LogP contribution in [0.3, 0.4) is 0 Å². The van der Waals surface area contributed by atoms with Crippen LogP contribution in [0.15, 0.2) is 30.3 Å². The van der Waals surface area contributed by atoms with Crippen molar-refractivity contribution in [3.63, 3.8) is 0 Å². The second-order valence-electron chi connectivity index (χ2n) is 3.69. The number of hydrogen-bond donors (Lipinski definition) is 1. The maximum atomic E-state index is 13.4. The predicted octanol–water partition coefficient (Wildman–Crippen LogP) is 3.73. The van der Waals surface area contributed by atoms with Crippen molar-refractivity contribution in [2.45, 2.75) is 6.92 Å². The summed E-state index contributed by atoms with van der Waals surface area (Å²) in [4.78, 5) is 2.92. The molecule has 0 saturated heterocycles. The number of H-pyrrole nitrogens is 1. The third-order valence-corrected chi connectivity index (χ3v) is 2.83. The second-order valence-corrected chi connectivity index (χ2v) is 4.10. The summed E-state index contributed by atoms with van der Waals surface area (Å²) in [6.07, 6.45) is 0. The Morgan fingerprint density at radius 1 is 1.29 bits per heavy atom. The van der Waals surface area contributed by atoms with E-state index in [0.717, 1.165) is 0 Å². The molecule has 0 saturated carbocycles. The van der Waals surface area contributed by atoms with Crippen LogP contribution in [-0.4, -0.2) is 4.98 Å². The molecule has 4 heteroatoms. The lowest BCUT2D eigenvalue weighted by atomic mass is 10.1. The minimum Gasteiger partial charge on any atom is -0.345 e. The van der Waals surface area contributed by atoms with E-state index >= 15 is 0 Å². The average Bonchev–Trinajstić information content (AvgIpc) is 2.32. The smallest absolute Gasteiger partial charge is 0.126 e. The molecule has 0 aliphatic carbocycles. The lowest BCUT2D eigenvalue weighted by Crippen LogP contribution is -1.89. The van der Waals surface area contributed by atoms with Crippen molar-refractivity contribution in [3.05, 3.63) is 51.9 Å². The van der Waals surface area contributed by atoms with Crippen LogP contribution < -0.4 is 0 Å². The van der Waals surface area contributed by atoms with Crippen LogP contribution in [0.1, 0.15) is 11.1 Å². The summed E-state index contributed by atoms with van der Waals surface area (Å²) in [5.74, 6) is -0.258. The highest BCUT2D eigenvalue weighted by Crippen LogP contribution is 2.20. The topological polar surface area (TPSA) is 39.6 Å². The largest absolute Gasteiger partial charge is 0.345 e. The van der Waals surface area contributed by atoms with Crippen molar-refractivity contribution in [2.75, 3.05) is 0 Å². The molecule has 2 nitrogen and oxygen atoms in total. The number of aryl methyl sites for hydroxylation is 1. The van der Waals surface area contributed by atoms with Crippen LogP contribution in [0.4, 0.5) is 4.39 Å². The normalized spacial score (nSPS) is 9.94. The first-order valence-electron chi connectivity index (χ1n) is 5.02. The fraction of sp³-hybridized carbons (Fsp3) is 0.0769. The van der Waals surface area contributed by atoms with E-state index in [9.17, 15) is 4.39 Å². The summed E-state index contributed by atoms with van der Waals surface area (Å²) >= 11 is 5.03. The van der Waals surface area contributed by atoms with Crippen LogP contribution in [-0.2, 0) is 0 Å². The summed E-state index contributed by atoms with van der Waals surface area (Å²) in [5.41, 5.74) is 2.42. The van der Waals surface area contributed by atoms with Gasteiger partial charge in [0.2, 0.25) is 0 Å². The summed E-state index contributed by atoms with van der Waals surface area (Å²) in [7, 11) is 0. The molecule has 2 aromatic rings. The van der Waals surface area contributed by atoms with Gasteiger partial charge in [0.1, 0.15) is 16.5 Å². The van der Waals surface area contributed by atoms with Crippen LogP contribution in [0.5, 0.6) is 0 Å². The molecule has 0 spiro atoms. The first kappa shape index (κ1) is 11.5. The fourth-order valence-corrected chi connectivity index (χ4v) is 1.71. The van der Waals surface area contributed by atoms with Crippen molar-refractivity contribution in [2.24, 2.45) is 0 Å². The van der Waals surface area contributed by atoms with Crippen molar-refractivity contribution in [1.82, 2.24) is 4.98 Å². The number of rotatable bonds is 1. The summed E-state index contributed by atoms with van der Waals surface area (Å²) < 4.78 is 13.8. The highest BCUT2D eigenvalue weighted by atomic mass is 32.1. The zero-order chi connectivity index (χ0) is 12.4. The van der Waals surface area contributed by atoms with E-state index in [1.54, 1.807) is 25.1 Å². The van der Waals surface area contributed by atoms with Gasteiger partial charge in [0, 0.05) is 11.3 Å². The Bertz CT molecular complexity index is 668. The number of nitriles is 1. The molecule has 2 rings (SSSR count). The first-order valence-corrected chi connectivity index (χ1v) is 5.42. The number of aromatic amines is 1. The number of benzene rings is 1. The average molecular weight is 244 g/mol. The number of nitrogens with zero attached hydrogens (tertiary/aromatic N) is 1. The molecule has 0 bridgehead atoms. The molecule has 0 amide bonds. The second kappa shape index (κ2) is 4.48. The van der Waals surface area contributed by atoms with Crippen LogP contribution >= 0.6 is 12.2 Å². The van der Waals surface area contributed by atoms with Gasteiger partial charge >= 0.3 is 0 Å². The minimum atomic E-state index is -0.258. The monoisotopic (exact) mass is 244 g/mol. The Labute approximate surface area is 103 Å². The maximum Gasteiger partial charge on any atom is 0.126 e. The standard InChI is InChI=1S/C13H9FN2S/c1-8-2-3-9(6-11(8)14)12-5-4-10(7-15)13(17)16-12/h2-6H,1H3,(H,16,17). The van der Waals surface area contributed by atoms with Crippen molar-refractivity contribution >= 4 is 12.2 Å². The van der Waals surface area contributed by atoms with Crippen LogP contribution in [0.2, 0.25) is 0 Å². The molecular formula is C13H9FN2S. The predicted molar refractivity (Wildman–Crippen MR) is 66.5 cm³/mol. The Morgan fingerprint density at radius 2 is 2.06 bits per heavy atom. The van der Waals surface area contributed by atoms with E-state index in [1.165, 1.54) is 6.07 Å². The zero-order valence-electron chi connectivity index (χ0n) is 9.12. The SMILES string of the molecule is Cc1ccc(-c2ccc(C#N)c(=S)[nH]2)cc1F. The number of halogens is 1. The van der Waals surface area contributed by atoms with Crippen LogP contribution in [0.25, 0.3) is 11.3 Å². The molecule has 1 aromatic heterocycles. The van der Waals surface area contributed by atoms with Gasteiger partial charge in [-0.2, -0.15) is 5.26 Å². The van der Waals surface area contributed by atoms with E-state index in [1.807, 2.05) is 12.1 Å². The van der Waals surface area contributed by atoms with E-state index < -0.39 is 0 Å². The third kappa shape index (κ3) is 2.24. The van der Waals surface area contributed by atoms with Crippen molar-refractivity contribution in [1.29, 1.82) is 5.26 Å². The van der Waals surface area contributed by atoms with E-state index in [4.69, 9.17) is 17.5 Å². The summed E-state index contributed by atoms with van der Waals surface area (Å²) in [6.45, 7) is 1.71. The van der Waals surface area contributed by atoms with Gasteiger partial charge in [0.05, 0.1) is 5.56 Å². The quantitative estimate of drug-likeness (QED) is 0.776. The molecule has 0 unspecified atom stereocenters. The van der Waals surface area contributed by atoms with Gasteiger partial charge < -0.3 is 4.98 Å². The third-order valence-electron chi connectivity index (χ3n) is 2.51. The number of nitrogens with one attached hydrogen (secondary N) is 1. The van der Waals surface area contributed by atoms with Gasteiger partial charge in [-0.25, -0.2) is 4.39 Å².